The first kappa shape index (κ1) is 11.1. The summed E-state index contributed by atoms with van der Waals surface area (Å²) in [5.41, 5.74) is 0.739. The summed E-state index contributed by atoms with van der Waals surface area (Å²) in [4.78, 5) is 4.38. The van der Waals surface area contributed by atoms with Crippen molar-refractivity contribution in [3.8, 4) is 0 Å². The Morgan fingerprint density at radius 3 is 2.47 bits per heavy atom. The lowest BCUT2D eigenvalue weighted by Crippen LogP contribution is -2.44. The van der Waals surface area contributed by atoms with Crippen LogP contribution in [0.1, 0.15) is 0 Å². The minimum absolute atomic E-state index is 0.105. The van der Waals surface area contributed by atoms with Gasteiger partial charge in [-0.3, -0.25) is 0 Å². The predicted octanol–water partition coefficient (Wildman–Crippen LogP) is 2.18. The first-order valence-corrected chi connectivity index (χ1v) is 6.13. The lowest BCUT2D eigenvalue weighted by Gasteiger charge is -2.34. The quantitative estimate of drug-likeness (QED) is 0.732. The van der Waals surface area contributed by atoms with Gasteiger partial charge in [-0.1, -0.05) is 0 Å². The molecular weight excluding hydrogens is 306 g/mol. The molecule has 0 unspecified atom stereocenters. The van der Waals surface area contributed by atoms with Crippen molar-refractivity contribution < 1.29 is 4.39 Å². The summed E-state index contributed by atoms with van der Waals surface area (Å²) < 4.78 is 14.6. The minimum Gasteiger partial charge on any atom is -0.367 e. The predicted molar refractivity (Wildman–Crippen MR) is 68.8 cm³/mol. The van der Waals surface area contributed by atoms with Gasteiger partial charge < -0.3 is 9.80 Å². The van der Waals surface area contributed by atoms with Crippen molar-refractivity contribution >= 4 is 28.3 Å². The van der Waals surface area contributed by atoms with Crippen LogP contribution < -0.4 is 4.90 Å². The number of nitrogens with zero attached hydrogens (tertiary/aromatic N) is 2. The van der Waals surface area contributed by atoms with Gasteiger partial charge in [0, 0.05) is 29.7 Å². The Morgan fingerprint density at radius 2 is 1.87 bits per heavy atom. The molecule has 2 nitrogen and oxygen atoms in total. The molecule has 1 heterocycles. The van der Waals surface area contributed by atoms with Gasteiger partial charge in [0.25, 0.3) is 0 Å². The third-order valence-corrected chi connectivity index (χ3v) is 3.42. The Kier molecular flexibility index (Phi) is 3.45. The maximum atomic E-state index is 13.7. The number of benzene rings is 1. The summed E-state index contributed by atoms with van der Waals surface area (Å²) in [5.74, 6) is -0.105. The van der Waals surface area contributed by atoms with Gasteiger partial charge in [0.1, 0.15) is 5.82 Å². The van der Waals surface area contributed by atoms with Gasteiger partial charge >= 0.3 is 0 Å². The van der Waals surface area contributed by atoms with Gasteiger partial charge in [0.2, 0.25) is 0 Å². The van der Waals surface area contributed by atoms with E-state index < -0.39 is 0 Å². The molecule has 1 aromatic carbocycles. The summed E-state index contributed by atoms with van der Waals surface area (Å²) in [6.45, 7) is 3.83. The molecule has 1 aliphatic heterocycles. The highest BCUT2D eigenvalue weighted by molar-refractivity contribution is 14.1. The molecule has 0 N–H and O–H groups in total. The second-order valence-electron chi connectivity index (χ2n) is 3.89. The first-order valence-electron chi connectivity index (χ1n) is 5.05. The number of likely N-dealkylation sites (N-methyl/N-ethyl adjacent to an activating group) is 1. The largest absolute Gasteiger partial charge is 0.367 e. The standard InChI is InChI=1S/C11H14FIN2/c1-14-4-6-15(7-5-14)11-3-2-9(13)8-10(11)12/h2-3,8H,4-7H2,1H3. The Labute approximate surface area is 103 Å². The van der Waals surface area contributed by atoms with E-state index in [1.165, 1.54) is 0 Å². The van der Waals surface area contributed by atoms with E-state index in [-0.39, 0.29) is 5.82 Å². The van der Waals surface area contributed by atoms with Crippen molar-refractivity contribution in [2.45, 2.75) is 0 Å². The van der Waals surface area contributed by atoms with Crippen LogP contribution in [0.25, 0.3) is 0 Å². The number of piperazine rings is 1. The second-order valence-corrected chi connectivity index (χ2v) is 5.13. The molecule has 1 fully saturated rings. The third-order valence-electron chi connectivity index (χ3n) is 2.75. The molecule has 0 spiro atoms. The summed E-state index contributed by atoms with van der Waals surface area (Å²) in [6, 6.07) is 5.42. The van der Waals surface area contributed by atoms with Crippen LogP contribution in [0.4, 0.5) is 10.1 Å². The zero-order chi connectivity index (χ0) is 10.8. The Morgan fingerprint density at radius 1 is 1.20 bits per heavy atom. The van der Waals surface area contributed by atoms with E-state index in [2.05, 4.69) is 39.4 Å². The van der Waals surface area contributed by atoms with Crippen molar-refractivity contribution in [3.63, 3.8) is 0 Å². The number of hydrogen-bond donors (Lipinski definition) is 0. The van der Waals surface area contributed by atoms with Crippen LogP contribution in [0.2, 0.25) is 0 Å². The maximum Gasteiger partial charge on any atom is 0.147 e. The molecule has 1 aliphatic rings. The Bertz CT molecular complexity index is 348. The molecule has 0 radical (unpaired) electrons. The molecule has 4 heteroatoms. The average Bonchev–Trinajstić information content (AvgIpc) is 2.20. The van der Waals surface area contributed by atoms with Gasteiger partial charge in [0.05, 0.1) is 5.69 Å². The third kappa shape index (κ3) is 2.60. The van der Waals surface area contributed by atoms with Crippen LogP contribution in [-0.4, -0.2) is 38.1 Å². The lowest BCUT2D eigenvalue weighted by atomic mass is 10.2. The molecule has 82 valence electrons. The lowest BCUT2D eigenvalue weighted by molar-refractivity contribution is 0.311. The first-order chi connectivity index (χ1) is 7.16. The molecule has 0 amide bonds. The number of halogens is 2. The monoisotopic (exact) mass is 320 g/mol. The second kappa shape index (κ2) is 4.65. The Balaban J connectivity index is 2.15. The number of anilines is 1. The van der Waals surface area contributed by atoms with Gasteiger partial charge in [-0.25, -0.2) is 4.39 Å². The van der Waals surface area contributed by atoms with Crippen molar-refractivity contribution in [1.29, 1.82) is 0 Å². The molecular formula is C11H14FIN2. The highest BCUT2D eigenvalue weighted by Gasteiger charge is 2.16. The van der Waals surface area contributed by atoms with E-state index >= 15 is 0 Å². The molecule has 0 atom stereocenters. The van der Waals surface area contributed by atoms with Crippen LogP contribution in [0.5, 0.6) is 0 Å². The van der Waals surface area contributed by atoms with Crippen LogP contribution in [0.3, 0.4) is 0 Å². The zero-order valence-electron chi connectivity index (χ0n) is 8.71. The fourth-order valence-electron chi connectivity index (χ4n) is 1.79. The normalized spacial score (nSPS) is 18.2. The zero-order valence-corrected chi connectivity index (χ0v) is 10.9. The van der Waals surface area contributed by atoms with Gasteiger partial charge in [-0.15, -0.1) is 0 Å². The van der Waals surface area contributed by atoms with E-state index in [1.807, 2.05) is 12.1 Å². The van der Waals surface area contributed by atoms with Crippen molar-refractivity contribution in [2.24, 2.45) is 0 Å². The molecule has 2 rings (SSSR count). The van der Waals surface area contributed by atoms with Gasteiger partial charge in [-0.2, -0.15) is 0 Å². The van der Waals surface area contributed by atoms with E-state index in [9.17, 15) is 4.39 Å². The van der Waals surface area contributed by atoms with E-state index in [4.69, 9.17) is 0 Å². The molecule has 0 aromatic heterocycles. The highest BCUT2D eigenvalue weighted by Crippen LogP contribution is 2.22. The summed E-state index contributed by atoms with van der Waals surface area (Å²) in [7, 11) is 2.10. The molecule has 15 heavy (non-hydrogen) atoms. The van der Waals surface area contributed by atoms with Crippen LogP contribution in [0, 0.1) is 9.39 Å². The summed E-state index contributed by atoms with van der Waals surface area (Å²) in [5, 5.41) is 0. The van der Waals surface area contributed by atoms with Gasteiger partial charge in [-0.05, 0) is 47.8 Å². The van der Waals surface area contributed by atoms with E-state index in [0.717, 1.165) is 35.4 Å². The van der Waals surface area contributed by atoms with Crippen molar-refractivity contribution in [2.75, 3.05) is 38.1 Å². The topological polar surface area (TPSA) is 6.48 Å². The van der Waals surface area contributed by atoms with Crippen LogP contribution >= 0.6 is 22.6 Å². The highest BCUT2D eigenvalue weighted by atomic mass is 127. The Hall–Kier alpha value is -0.360. The fraction of sp³-hybridized carbons (Fsp3) is 0.455. The van der Waals surface area contributed by atoms with Crippen molar-refractivity contribution in [1.82, 2.24) is 4.90 Å². The number of rotatable bonds is 1. The minimum atomic E-state index is -0.105. The summed E-state index contributed by atoms with van der Waals surface area (Å²) >= 11 is 2.13. The number of hydrogen-bond acceptors (Lipinski definition) is 2. The molecule has 1 aromatic rings. The van der Waals surface area contributed by atoms with Crippen LogP contribution in [0.15, 0.2) is 18.2 Å². The molecule has 0 saturated carbocycles. The smallest absolute Gasteiger partial charge is 0.147 e. The van der Waals surface area contributed by atoms with Gasteiger partial charge in [0.15, 0.2) is 0 Å². The summed E-state index contributed by atoms with van der Waals surface area (Å²) in [6.07, 6.45) is 0. The van der Waals surface area contributed by atoms with E-state index in [0.29, 0.717) is 0 Å². The SMILES string of the molecule is CN1CCN(c2ccc(I)cc2F)CC1. The maximum absolute atomic E-state index is 13.7. The van der Waals surface area contributed by atoms with E-state index in [1.54, 1.807) is 6.07 Å². The molecule has 0 aliphatic carbocycles. The van der Waals surface area contributed by atoms with Crippen molar-refractivity contribution in [3.05, 3.63) is 27.6 Å². The fourth-order valence-corrected chi connectivity index (χ4v) is 2.24. The van der Waals surface area contributed by atoms with Crippen LogP contribution in [-0.2, 0) is 0 Å². The molecule has 1 saturated heterocycles. The molecule has 0 bridgehead atoms. The average molecular weight is 320 g/mol.